The van der Waals surface area contributed by atoms with Crippen LogP contribution in [0.15, 0.2) is 21.5 Å². The standard InChI is InChI=1S/C13H19BrN2O4S/c1-9-8-16(5-4-15-9)21(17,18)13-7-12(20-3)11(19-2)6-10(13)14/h6-7,9,15H,4-5,8H2,1-3H3/t9-/m0/s1. The fourth-order valence-corrected chi connectivity index (χ4v) is 4.81. The Labute approximate surface area is 133 Å². The van der Waals surface area contributed by atoms with Crippen LogP contribution in [-0.2, 0) is 10.0 Å². The van der Waals surface area contributed by atoms with E-state index in [-0.39, 0.29) is 10.9 Å². The molecule has 1 aromatic rings. The van der Waals surface area contributed by atoms with Gasteiger partial charge in [-0.05, 0) is 28.9 Å². The summed E-state index contributed by atoms with van der Waals surface area (Å²) in [5.41, 5.74) is 0. The van der Waals surface area contributed by atoms with Gasteiger partial charge >= 0.3 is 0 Å². The van der Waals surface area contributed by atoms with Crippen molar-refractivity contribution in [1.82, 2.24) is 9.62 Å². The first-order valence-corrected chi connectivity index (χ1v) is 8.78. The van der Waals surface area contributed by atoms with E-state index in [1.165, 1.54) is 24.6 Å². The van der Waals surface area contributed by atoms with Gasteiger partial charge in [0.1, 0.15) is 4.90 Å². The molecule has 118 valence electrons. The van der Waals surface area contributed by atoms with E-state index in [1.54, 1.807) is 6.07 Å². The summed E-state index contributed by atoms with van der Waals surface area (Å²) in [6, 6.07) is 3.23. The van der Waals surface area contributed by atoms with Crippen LogP contribution in [0.3, 0.4) is 0 Å². The molecule has 1 heterocycles. The van der Waals surface area contributed by atoms with Gasteiger partial charge in [-0.2, -0.15) is 4.31 Å². The van der Waals surface area contributed by atoms with E-state index in [4.69, 9.17) is 9.47 Å². The molecular weight excluding hydrogens is 360 g/mol. The highest BCUT2D eigenvalue weighted by atomic mass is 79.9. The lowest BCUT2D eigenvalue weighted by Crippen LogP contribution is -2.51. The third kappa shape index (κ3) is 3.33. The average molecular weight is 379 g/mol. The molecule has 1 aliphatic rings. The molecule has 1 saturated heterocycles. The topological polar surface area (TPSA) is 67.9 Å². The molecule has 1 fully saturated rings. The maximum atomic E-state index is 12.8. The zero-order valence-electron chi connectivity index (χ0n) is 12.2. The molecule has 0 amide bonds. The van der Waals surface area contributed by atoms with Gasteiger partial charge in [0.15, 0.2) is 11.5 Å². The van der Waals surface area contributed by atoms with E-state index >= 15 is 0 Å². The summed E-state index contributed by atoms with van der Waals surface area (Å²) < 4.78 is 37.9. The fourth-order valence-electron chi connectivity index (χ4n) is 2.29. The normalized spacial score (nSPS) is 20.3. The van der Waals surface area contributed by atoms with Crippen LogP contribution in [0.1, 0.15) is 6.92 Å². The molecule has 1 aliphatic heterocycles. The number of nitrogens with one attached hydrogen (secondary N) is 1. The van der Waals surface area contributed by atoms with Crippen molar-refractivity contribution in [2.75, 3.05) is 33.9 Å². The number of methoxy groups -OCH3 is 2. The zero-order valence-corrected chi connectivity index (χ0v) is 14.6. The maximum absolute atomic E-state index is 12.8. The molecule has 0 aromatic heterocycles. The van der Waals surface area contributed by atoms with Gasteiger partial charge in [-0.1, -0.05) is 0 Å². The molecule has 0 aliphatic carbocycles. The summed E-state index contributed by atoms with van der Waals surface area (Å²) in [4.78, 5) is 0.189. The van der Waals surface area contributed by atoms with Crippen molar-refractivity contribution < 1.29 is 17.9 Å². The molecule has 2 rings (SSSR count). The van der Waals surface area contributed by atoms with Crippen molar-refractivity contribution >= 4 is 26.0 Å². The monoisotopic (exact) mass is 378 g/mol. The smallest absolute Gasteiger partial charge is 0.244 e. The van der Waals surface area contributed by atoms with Crippen molar-refractivity contribution in [2.24, 2.45) is 0 Å². The zero-order chi connectivity index (χ0) is 15.6. The number of ether oxygens (including phenoxy) is 2. The Balaban J connectivity index is 2.44. The Morgan fingerprint density at radius 2 is 1.90 bits per heavy atom. The van der Waals surface area contributed by atoms with Crippen molar-refractivity contribution in [3.8, 4) is 11.5 Å². The predicted octanol–water partition coefficient (Wildman–Crippen LogP) is 1.45. The molecule has 1 atom stereocenters. The molecule has 21 heavy (non-hydrogen) atoms. The number of halogens is 1. The number of piperazine rings is 1. The molecule has 6 nitrogen and oxygen atoms in total. The molecule has 0 unspecified atom stereocenters. The van der Waals surface area contributed by atoms with Crippen molar-refractivity contribution in [2.45, 2.75) is 17.9 Å². The number of benzene rings is 1. The molecule has 1 N–H and O–H groups in total. The minimum atomic E-state index is -3.57. The fraction of sp³-hybridized carbons (Fsp3) is 0.538. The highest BCUT2D eigenvalue weighted by Crippen LogP contribution is 2.36. The van der Waals surface area contributed by atoms with Gasteiger partial charge in [-0.25, -0.2) is 8.42 Å². The number of hydrogen-bond acceptors (Lipinski definition) is 5. The highest BCUT2D eigenvalue weighted by Gasteiger charge is 2.31. The van der Waals surface area contributed by atoms with E-state index < -0.39 is 10.0 Å². The van der Waals surface area contributed by atoms with Gasteiger partial charge in [0, 0.05) is 36.2 Å². The van der Waals surface area contributed by atoms with Crippen LogP contribution in [0.4, 0.5) is 0 Å². The Hall–Kier alpha value is -0.830. The van der Waals surface area contributed by atoms with E-state index in [1.807, 2.05) is 6.92 Å². The highest BCUT2D eigenvalue weighted by molar-refractivity contribution is 9.10. The van der Waals surface area contributed by atoms with Crippen LogP contribution in [-0.4, -0.2) is 52.6 Å². The lowest BCUT2D eigenvalue weighted by atomic mass is 10.3. The van der Waals surface area contributed by atoms with E-state index in [9.17, 15) is 8.42 Å². The van der Waals surface area contributed by atoms with Crippen molar-refractivity contribution in [3.05, 3.63) is 16.6 Å². The first-order valence-electron chi connectivity index (χ1n) is 6.55. The number of rotatable bonds is 4. The van der Waals surface area contributed by atoms with Gasteiger partial charge in [0.25, 0.3) is 0 Å². The van der Waals surface area contributed by atoms with Gasteiger partial charge in [0.2, 0.25) is 10.0 Å². The minimum absolute atomic E-state index is 0.132. The summed E-state index contributed by atoms with van der Waals surface area (Å²) in [5.74, 6) is 0.875. The van der Waals surface area contributed by atoms with Crippen LogP contribution in [0.5, 0.6) is 11.5 Å². The second-order valence-electron chi connectivity index (χ2n) is 4.86. The second-order valence-corrected chi connectivity index (χ2v) is 7.62. The Kier molecular flexibility index (Phi) is 5.13. The minimum Gasteiger partial charge on any atom is -0.493 e. The molecule has 1 aromatic carbocycles. The quantitative estimate of drug-likeness (QED) is 0.858. The summed E-state index contributed by atoms with van der Waals surface area (Å²) in [7, 11) is -0.581. The molecule has 0 spiro atoms. The van der Waals surface area contributed by atoms with Gasteiger partial charge in [-0.15, -0.1) is 0 Å². The lowest BCUT2D eigenvalue weighted by molar-refractivity contribution is 0.309. The van der Waals surface area contributed by atoms with E-state index in [0.717, 1.165) is 0 Å². The summed E-state index contributed by atoms with van der Waals surface area (Å²) in [6.07, 6.45) is 0. The largest absolute Gasteiger partial charge is 0.493 e. The van der Waals surface area contributed by atoms with Crippen LogP contribution >= 0.6 is 15.9 Å². The van der Waals surface area contributed by atoms with E-state index in [0.29, 0.717) is 35.6 Å². The first-order chi connectivity index (χ1) is 9.90. The summed E-state index contributed by atoms with van der Waals surface area (Å²) >= 11 is 3.31. The average Bonchev–Trinajstić information content (AvgIpc) is 2.46. The van der Waals surface area contributed by atoms with Crippen LogP contribution in [0.2, 0.25) is 0 Å². The molecule has 0 saturated carbocycles. The first kappa shape index (κ1) is 16.5. The SMILES string of the molecule is COc1cc(Br)c(S(=O)(=O)N2CCN[C@@H](C)C2)cc1OC. The van der Waals surface area contributed by atoms with Crippen LogP contribution < -0.4 is 14.8 Å². The Morgan fingerprint density at radius 3 is 2.48 bits per heavy atom. The second kappa shape index (κ2) is 6.51. The van der Waals surface area contributed by atoms with Gasteiger partial charge in [-0.3, -0.25) is 0 Å². The van der Waals surface area contributed by atoms with Crippen LogP contribution in [0.25, 0.3) is 0 Å². The van der Waals surface area contributed by atoms with Gasteiger partial charge < -0.3 is 14.8 Å². The summed E-state index contributed by atoms with van der Waals surface area (Å²) in [6.45, 7) is 3.51. The summed E-state index contributed by atoms with van der Waals surface area (Å²) in [5, 5.41) is 3.23. The van der Waals surface area contributed by atoms with Crippen LogP contribution in [0, 0.1) is 0 Å². The van der Waals surface area contributed by atoms with Crippen molar-refractivity contribution in [3.63, 3.8) is 0 Å². The predicted molar refractivity (Wildman–Crippen MR) is 83.5 cm³/mol. The third-order valence-corrected chi connectivity index (χ3v) is 6.21. The lowest BCUT2D eigenvalue weighted by Gasteiger charge is -2.31. The molecule has 0 radical (unpaired) electrons. The van der Waals surface area contributed by atoms with Crippen molar-refractivity contribution in [1.29, 1.82) is 0 Å². The maximum Gasteiger partial charge on any atom is 0.244 e. The number of hydrogen-bond donors (Lipinski definition) is 1. The Bertz CT molecular complexity index is 621. The molecular formula is C13H19BrN2O4S. The van der Waals surface area contributed by atoms with E-state index in [2.05, 4.69) is 21.2 Å². The van der Waals surface area contributed by atoms with Gasteiger partial charge in [0.05, 0.1) is 14.2 Å². The number of nitrogens with zero attached hydrogens (tertiary/aromatic N) is 1. The molecule has 8 heteroatoms. The third-order valence-electron chi connectivity index (χ3n) is 3.39. The Morgan fingerprint density at radius 1 is 1.29 bits per heavy atom. The number of sulfonamides is 1. The molecule has 0 bridgehead atoms.